The van der Waals surface area contributed by atoms with Crippen LogP contribution in [-0.4, -0.2) is 9.97 Å². The van der Waals surface area contributed by atoms with Crippen LogP contribution >= 0.6 is 11.3 Å². The van der Waals surface area contributed by atoms with Crippen molar-refractivity contribution >= 4 is 11.3 Å². The first-order valence-corrected chi connectivity index (χ1v) is 7.04. The largest absolute Gasteiger partial charge is 0.418 e. The topological polar surface area (TPSA) is 37.8 Å². The van der Waals surface area contributed by atoms with Gasteiger partial charge in [-0.2, -0.15) is 13.2 Å². The molecule has 0 spiro atoms. The van der Waals surface area contributed by atoms with Crippen LogP contribution in [0.5, 0.6) is 0 Å². The molecule has 0 amide bonds. The molecular weight excluding hydrogens is 287 g/mol. The first-order chi connectivity index (χ1) is 9.52. The summed E-state index contributed by atoms with van der Waals surface area (Å²) in [5, 5.41) is 5.81. The van der Waals surface area contributed by atoms with Crippen LogP contribution in [0.4, 0.5) is 13.2 Å². The first-order valence-electron chi connectivity index (χ1n) is 6.16. The second-order valence-corrected chi connectivity index (χ2v) is 5.13. The number of pyridine rings is 1. The van der Waals surface area contributed by atoms with Crippen molar-refractivity contribution in [3.63, 3.8) is 0 Å². The standard InChI is InChI=1S/C13H14F3N3S/c1-2-10(12-18-6-7-20-12)19-8-11-9(13(14,15)16)4-3-5-17-11/h3-7,10,19H,2,8H2,1H3. The van der Waals surface area contributed by atoms with Crippen LogP contribution in [0.3, 0.4) is 0 Å². The van der Waals surface area contributed by atoms with Crippen LogP contribution in [0.2, 0.25) is 0 Å². The van der Waals surface area contributed by atoms with Crippen LogP contribution in [0.1, 0.15) is 35.7 Å². The molecule has 2 aromatic heterocycles. The molecule has 2 rings (SSSR count). The highest BCUT2D eigenvalue weighted by molar-refractivity contribution is 7.09. The van der Waals surface area contributed by atoms with Crippen LogP contribution < -0.4 is 5.32 Å². The number of hydrogen-bond acceptors (Lipinski definition) is 4. The van der Waals surface area contributed by atoms with Crippen molar-refractivity contribution in [2.45, 2.75) is 32.1 Å². The highest BCUT2D eigenvalue weighted by Crippen LogP contribution is 2.31. The van der Waals surface area contributed by atoms with E-state index >= 15 is 0 Å². The lowest BCUT2D eigenvalue weighted by atomic mass is 10.1. The summed E-state index contributed by atoms with van der Waals surface area (Å²) in [5.74, 6) is 0. The summed E-state index contributed by atoms with van der Waals surface area (Å²) in [6, 6.07) is 2.29. The molecule has 1 N–H and O–H groups in total. The summed E-state index contributed by atoms with van der Waals surface area (Å²) in [5.41, 5.74) is -0.684. The van der Waals surface area contributed by atoms with E-state index in [1.54, 1.807) is 6.20 Å². The molecule has 0 aromatic carbocycles. The smallest absolute Gasteiger partial charge is 0.302 e. The molecular formula is C13H14F3N3S. The van der Waals surface area contributed by atoms with Crippen molar-refractivity contribution in [1.29, 1.82) is 0 Å². The van der Waals surface area contributed by atoms with E-state index in [0.29, 0.717) is 0 Å². The minimum atomic E-state index is -4.38. The van der Waals surface area contributed by atoms with Gasteiger partial charge in [0.1, 0.15) is 5.01 Å². The number of nitrogens with one attached hydrogen (secondary N) is 1. The zero-order chi connectivity index (χ0) is 14.6. The maximum Gasteiger partial charge on any atom is 0.418 e. The van der Waals surface area contributed by atoms with Crippen molar-refractivity contribution in [3.05, 3.63) is 46.2 Å². The van der Waals surface area contributed by atoms with Crippen molar-refractivity contribution in [3.8, 4) is 0 Å². The fourth-order valence-electron chi connectivity index (χ4n) is 1.87. The molecule has 0 fully saturated rings. The lowest BCUT2D eigenvalue weighted by Gasteiger charge is -2.16. The number of hydrogen-bond donors (Lipinski definition) is 1. The Morgan fingerprint density at radius 3 is 2.70 bits per heavy atom. The predicted octanol–water partition coefficient (Wildman–Crippen LogP) is 3.80. The average molecular weight is 301 g/mol. The van der Waals surface area contributed by atoms with Gasteiger partial charge in [-0.1, -0.05) is 6.92 Å². The van der Waals surface area contributed by atoms with Crippen LogP contribution in [0.15, 0.2) is 29.9 Å². The van der Waals surface area contributed by atoms with E-state index < -0.39 is 11.7 Å². The molecule has 2 aromatic rings. The number of thiazole rings is 1. The Labute approximate surface area is 118 Å². The zero-order valence-electron chi connectivity index (χ0n) is 10.8. The monoisotopic (exact) mass is 301 g/mol. The molecule has 7 heteroatoms. The minimum Gasteiger partial charge on any atom is -0.302 e. The Morgan fingerprint density at radius 2 is 2.10 bits per heavy atom. The Morgan fingerprint density at radius 1 is 1.30 bits per heavy atom. The summed E-state index contributed by atoms with van der Waals surface area (Å²) >= 11 is 1.48. The molecule has 1 unspecified atom stereocenters. The van der Waals surface area contributed by atoms with Crippen LogP contribution in [0, 0.1) is 0 Å². The van der Waals surface area contributed by atoms with E-state index in [2.05, 4.69) is 15.3 Å². The van der Waals surface area contributed by atoms with E-state index in [0.717, 1.165) is 17.5 Å². The van der Waals surface area contributed by atoms with Crippen LogP contribution in [0.25, 0.3) is 0 Å². The van der Waals surface area contributed by atoms with Crippen molar-refractivity contribution in [2.75, 3.05) is 0 Å². The highest BCUT2D eigenvalue weighted by atomic mass is 32.1. The van der Waals surface area contributed by atoms with Gasteiger partial charge in [0.25, 0.3) is 0 Å². The summed E-state index contributed by atoms with van der Waals surface area (Å²) in [7, 11) is 0. The van der Waals surface area contributed by atoms with Gasteiger partial charge in [-0.05, 0) is 18.6 Å². The summed E-state index contributed by atoms with van der Waals surface area (Å²) in [6.07, 6.45) is -0.571. The summed E-state index contributed by atoms with van der Waals surface area (Å²) < 4.78 is 38.5. The first kappa shape index (κ1) is 14.9. The second kappa shape index (κ2) is 6.32. The number of aromatic nitrogens is 2. The molecule has 3 nitrogen and oxygen atoms in total. The van der Waals surface area contributed by atoms with Gasteiger partial charge in [0.2, 0.25) is 0 Å². The molecule has 0 saturated carbocycles. The Hall–Kier alpha value is -1.47. The van der Waals surface area contributed by atoms with E-state index in [4.69, 9.17) is 0 Å². The zero-order valence-corrected chi connectivity index (χ0v) is 11.6. The SMILES string of the molecule is CCC(NCc1ncccc1C(F)(F)F)c1nccs1. The van der Waals surface area contributed by atoms with Gasteiger partial charge in [0.05, 0.1) is 17.3 Å². The second-order valence-electron chi connectivity index (χ2n) is 4.21. The quantitative estimate of drug-likeness (QED) is 0.913. The Bertz CT molecular complexity index is 540. The molecule has 20 heavy (non-hydrogen) atoms. The Kier molecular flexibility index (Phi) is 4.72. The normalized spacial score (nSPS) is 13.4. The number of rotatable bonds is 5. The van der Waals surface area contributed by atoms with Crippen molar-refractivity contribution in [2.24, 2.45) is 0 Å². The molecule has 0 radical (unpaired) electrons. The molecule has 108 valence electrons. The number of halogens is 3. The minimum absolute atomic E-state index is 0.00926. The third kappa shape index (κ3) is 3.55. The summed E-state index contributed by atoms with van der Waals surface area (Å²) in [6.45, 7) is 2.02. The Balaban J connectivity index is 2.11. The highest BCUT2D eigenvalue weighted by Gasteiger charge is 2.33. The van der Waals surface area contributed by atoms with Crippen LogP contribution in [-0.2, 0) is 12.7 Å². The van der Waals surface area contributed by atoms with Gasteiger partial charge in [0, 0.05) is 24.3 Å². The van der Waals surface area contributed by atoms with E-state index in [1.807, 2.05) is 12.3 Å². The van der Waals surface area contributed by atoms with Gasteiger partial charge in [-0.3, -0.25) is 4.98 Å². The number of nitrogens with zero attached hydrogens (tertiary/aromatic N) is 2. The van der Waals surface area contributed by atoms with Gasteiger partial charge in [-0.15, -0.1) is 11.3 Å². The summed E-state index contributed by atoms with van der Waals surface area (Å²) in [4.78, 5) is 8.02. The third-order valence-corrected chi connectivity index (χ3v) is 3.76. The fraction of sp³-hybridized carbons (Fsp3) is 0.385. The van der Waals surface area contributed by atoms with E-state index in [1.165, 1.54) is 23.6 Å². The van der Waals surface area contributed by atoms with Crippen molar-refractivity contribution in [1.82, 2.24) is 15.3 Å². The van der Waals surface area contributed by atoms with Gasteiger partial charge in [0.15, 0.2) is 0 Å². The van der Waals surface area contributed by atoms with Gasteiger partial charge < -0.3 is 5.32 Å². The molecule has 0 aliphatic rings. The van der Waals surface area contributed by atoms with E-state index in [-0.39, 0.29) is 18.3 Å². The van der Waals surface area contributed by atoms with E-state index in [9.17, 15) is 13.2 Å². The lowest BCUT2D eigenvalue weighted by molar-refractivity contribution is -0.138. The molecule has 0 aliphatic carbocycles. The van der Waals surface area contributed by atoms with Gasteiger partial charge >= 0.3 is 6.18 Å². The average Bonchev–Trinajstić information content (AvgIpc) is 2.93. The maximum absolute atomic E-state index is 12.8. The molecule has 0 aliphatic heterocycles. The molecule has 2 heterocycles. The van der Waals surface area contributed by atoms with Crippen molar-refractivity contribution < 1.29 is 13.2 Å². The lowest BCUT2D eigenvalue weighted by Crippen LogP contribution is -2.23. The maximum atomic E-state index is 12.8. The third-order valence-electron chi connectivity index (χ3n) is 2.87. The van der Waals surface area contributed by atoms with Gasteiger partial charge in [-0.25, -0.2) is 4.98 Å². The molecule has 0 bridgehead atoms. The molecule has 1 atom stereocenters. The number of alkyl halides is 3. The fourth-order valence-corrected chi connectivity index (χ4v) is 2.67. The predicted molar refractivity (Wildman–Crippen MR) is 71.2 cm³/mol. The molecule has 0 saturated heterocycles.